The number of aromatic nitrogens is 6. The van der Waals surface area contributed by atoms with Crippen molar-refractivity contribution in [1.29, 1.82) is 0 Å². The Bertz CT molecular complexity index is 1790. The zero-order chi connectivity index (χ0) is 30.1. The van der Waals surface area contributed by atoms with Crippen LogP contribution in [0.2, 0.25) is 0 Å². The van der Waals surface area contributed by atoms with E-state index in [1.807, 2.05) is 54.2 Å². The van der Waals surface area contributed by atoms with Crippen molar-refractivity contribution < 1.29 is 14.3 Å². The Balaban J connectivity index is 1.31. The maximum absolute atomic E-state index is 12.9. The Hall–Kier alpha value is -4.83. The van der Waals surface area contributed by atoms with E-state index in [2.05, 4.69) is 29.4 Å². The fourth-order valence-electron chi connectivity index (χ4n) is 5.65. The van der Waals surface area contributed by atoms with Gasteiger partial charge in [0.1, 0.15) is 11.6 Å². The minimum Gasteiger partial charge on any atom is -0.496 e. The highest BCUT2D eigenvalue weighted by atomic mass is 16.5. The van der Waals surface area contributed by atoms with Crippen molar-refractivity contribution in [2.75, 3.05) is 34.4 Å². The van der Waals surface area contributed by atoms with Gasteiger partial charge in [0.05, 0.1) is 37.0 Å². The maximum atomic E-state index is 12.9. The molecule has 0 saturated carbocycles. The number of benzene rings is 2. The first-order valence-corrected chi connectivity index (χ1v) is 14.3. The summed E-state index contributed by atoms with van der Waals surface area (Å²) in [4.78, 5) is 24.3. The molecular weight excluding hydrogens is 542 g/mol. The van der Waals surface area contributed by atoms with E-state index >= 15 is 0 Å². The number of aryl methyl sites for hydroxylation is 4. The van der Waals surface area contributed by atoms with Crippen LogP contribution in [0.15, 0.2) is 61.1 Å². The molecule has 0 unspecified atom stereocenters. The number of methoxy groups -OCH3 is 2. The van der Waals surface area contributed by atoms with Crippen molar-refractivity contribution >= 4 is 5.91 Å². The van der Waals surface area contributed by atoms with Crippen LogP contribution in [-0.2, 0) is 38.1 Å². The van der Waals surface area contributed by atoms with E-state index in [9.17, 15) is 4.79 Å². The van der Waals surface area contributed by atoms with Gasteiger partial charge in [0.15, 0.2) is 0 Å². The topological polar surface area (TPSA) is 100 Å². The van der Waals surface area contributed by atoms with E-state index in [0.717, 1.165) is 63.3 Å². The fraction of sp³-hybridized carbons (Fsp3) is 0.303. The normalized spacial score (nSPS) is 12.1. The lowest BCUT2D eigenvalue weighted by Gasteiger charge is -2.18. The summed E-state index contributed by atoms with van der Waals surface area (Å²) >= 11 is 0. The van der Waals surface area contributed by atoms with Crippen LogP contribution in [0.1, 0.15) is 33.0 Å². The van der Waals surface area contributed by atoms with E-state index in [1.165, 1.54) is 0 Å². The first-order chi connectivity index (χ1) is 20.9. The lowest BCUT2D eigenvalue weighted by molar-refractivity contribution is 0.0744. The highest BCUT2D eigenvalue weighted by Gasteiger charge is 2.27. The van der Waals surface area contributed by atoms with Crippen molar-refractivity contribution in [3.63, 3.8) is 0 Å². The van der Waals surface area contributed by atoms with Gasteiger partial charge in [-0.15, -0.1) is 0 Å². The minimum atomic E-state index is -0.0861. The SMILES string of the molecule is COCCN(C)C(=O)c1ccc(Cc2ncc3c(n2)-c2c(nn(C)c2-c2ccc(-c4cnn(C)c4)cc2)CC3)c(OC)c1. The standard InChI is InChI=1S/C33H35N7O3/c1-38(14-15-42-4)33(41)24-11-10-23(28(16-24)43-5)17-29-34-18-25-12-13-27-30(31(25)36-29)32(40(3)37-27)22-8-6-21(7-9-22)26-19-35-39(2)20-26/h6-11,16,18-20H,12-15,17H2,1-5H3. The second kappa shape index (κ2) is 11.8. The molecule has 0 aliphatic heterocycles. The number of hydrogen-bond donors (Lipinski definition) is 0. The Kier molecular flexibility index (Phi) is 7.77. The van der Waals surface area contributed by atoms with Gasteiger partial charge in [-0.3, -0.25) is 14.2 Å². The Morgan fingerprint density at radius 2 is 1.79 bits per heavy atom. The number of carbonyl (C=O) groups is 1. The zero-order valence-corrected chi connectivity index (χ0v) is 25.2. The molecule has 5 aromatic rings. The first kappa shape index (κ1) is 28.3. The molecule has 3 heterocycles. The van der Waals surface area contributed by atoms with Gasteiger partial charge >= 0.3 is 0 Å². The molecule has 0 N–H and O–H groups in total. The van der Waals surface area contributed by atoms with Gasteiger partial charge in [-0.25, -0.2) is 9.97 Å². The highest BCUT2D eigenvalue weighted by molar-refractivity contribution is 5.94. The zero-order valence-electron chi connectivity index (χ0n) is 25.2. The van der Waals surface area contributed by atoms with Gasteiger partial charge in [-0.2, -0.15) is 10.2 Å². The van der Waals surface area contributed by atoms with Crippen LogP contribution in [0, 0.1) is 0 Å². The molecule has 10 nitrogen and oxygen atoms in total. The fourth-order valence-corrected chi connectivity index (χ4v) is 5.65. The van der Waals surface area contributed by atoms with Crippen LogP contribution in [0.5, 0.6) is 5.75 Å². The predicted octanol–water partition coefficient (Wildman–Crippen LogP) is 4.36. The van der Waals surface area contributed by atoms with E-state index < -0.39 is 0 Å². The number of nitrogens with zero attached hydrogens (tertiary/aromatic N) is 7. The number of ether oxygens (including phenoxy) is 2. The van der Waals surface area contributed by atoms with Gasteiger partial charge in [0.2, 0.25) is 0 Å². The summed E-state index contributed by atoms with van der Waals surface area (Å²) in [5, 5.41) is 9.19. The minimum absolute atomic E-state index is 0.0861. The summed E-state index contributed by atoms with van der Waals surface area (Å²) in [5.74, 6) is 1.23. The molecule has 0 bridgehead atoms. The molecule has 2 aromatic carbocycles. The molecule has 1 amide bonds. The summed E-state index contributed by atoms with van der Waals surface area (Å²) in [5.41, 5.74) is 9.93. The number of hydrogen-bond acceptors (Lipinski definition) is 7. The summed E-state index contributed by atoms with van der Waals surface area (Å²) in [6.45, 7) is 0.986. The number of fused-ring (bicyclic) bond motifs is 3. The van der Waals surface area contributed by atoms with Crippen LogP contribution in [0.25, 0.3) is 33.6 Å². The Labute approximate surface area is 250 Å². The van der Waals surface area contributed by atoms with Crippen molar-refractivity contribution in [2.24, 2.45) is 14.1 Å². The third kappa shape index (κ3) is 5.53. The molecule has 3 aromatic heterocycles. The van der Waals surface area contributed by atoms with Crippen LogP contribution in [-0.4, -0.2) is 74.8 Å². The van der Waals surface area contributed by atoms with Crippen LogP contribution in [0.3, 0.4) is 0 Å². The van der Waals surface area contributed by atoms with Crippen molar-refractivity contribution in [1.82, 2.24) is 34.4 Å². The van der Waals surface area contributed by atoms with Gasteiger partial charge < -0.3 is 14.4 Å². The second-order valence-corrected chi connectivity index (χ2v) is 10.9. The average Bonchev–Trinajstić information content (AvgIpc) is 3.62. The van der Waals surface area contributed by atoms with E-state index in [-0.39, 0.29) is 5.91 Å². The van der Waals surface area contributed by atoms with Gasteiger partial charge in [-0.1, -0.05) is 30.3 Å². The smallest absolute Gasteiger partial charge is 0.253 e. The first-order valence-electron chi connectivity index (χ1n) is 14.3. The molecule has 0 fully saturated rings. The quantitative estimate of drug-likeness (QED) is 0.257. The summed E-state index contributed by atoms with van der Waals surface area (Å²) in [7, 11) is 8.91. The molecule has 10 heteroatoms. The Morgan fingerprint density at radius 1 is 1.00 bits per heavy atom. The van der Waals surface area contributed by atoms with Gasteiger partial charge in [-0.05, 0) is 36.1 Å². The Morgan fingerprint density at radius 3 is 2.51 bits per heavy atom. The molecule has 0 spiro atoms. The number of amides is 1. The maximum Gasteiger partial charge on any atom is 0.253 e. The van der Waals surface area contributed by atoms with Crippen molar-refractivity contribution in [3.8, 4) is 39.4 Å². The van der Waals surface area contributed by atoms with E-state index in [4.69, 9.17) is 24.5 Å². The molecule has 1 aliphatic rings. The van der Waals surface area contributed by atoms with Gasteiger partial charge in [0.25, 0.3) is 5.91 Å². The van der Waals surface area contributed by atoms with Crippen molar-refractivity contribution in [2.45, 2.75) is 19.3 Å². The summed E-state index contributed by atoms with van der Waals surface area (Å²) < 4.78 is 14.6. The molecule has 43 heavy (non-hydrogen) atoms. The van der Waals surface area contributed by atoms with Crippen LogP contribution < -0.4 is 4.74 Å². The van der Waals surface area contributed by atoms with Crippen LogP contribution >= 0.6 is 0 Å². The lowest BCUT2D eigenvalue weighted by Crippen LogP contribution is -2.29. The molecule has 1 aliphatic carbocycles. The van der Waals surface area contributed by atoms with E-state index in [0.29, 0.717) is 36.7 Å². The predicted molar refractivity (Wildman–Crippen MR) is 164 cm³/mol. The third-order valence-corrected chi connectivity index (χ3v) is 7.96. The third-order valence-electron chi connectivity index (χ3n) is 7.96. The highest BCUT2D eigenvalue weighted by Crippen LogP contribution is 2.40. The second-order valence-electron chi connectivity index (χ2n) is 10.9. The molecule has 0 saturated heterocycles. The number of rotatable bonds is 9. The molecule has 220 valence electrons. The number of likely N-dealkylation sites (N-methyl/N-ethyl adjacent to an activating group) is 1. The van der Waals surface area contributed by atoms with Crippen molar-refractivity contribution in [3.05, 3.63) is 89.3 Å². The monoisotopic (exact) mass is 577 g/mol. The molecule has 6 rings (SSSR count). The molecular formula is C33H35N7O3. The number of carbonyl (C=O) groups excluding carboxylic acids is 1. The molecule has 0 atom stereocenters. The average molecular weight is 578 g/mol. The molecule has 0 radical (unpaired) electrons. The summed E-state index contributed by atoms with van der Waals surface area (Å²) in [6, 6.07) is 14.0. The summed E-state index contributed by atoms with van der Waals surface area (Å²) in [6.07, 6.45) is 7.98. The largest absolute Gasteiger partial charge is 0.496 e. The van der Waals surface area contributed by atoms with E-state index in [1.54, 1.807) is 32.2 Å². The van der Waals surface area contributed by atoms with Crippen LogP contribution in [0.4, 0.5) is 0 Å². The van der Waals surface area contributed by atoms with Gasteiger partial charge in [0, 0.05) is 81.4 Å². The lowest BCUT2D eigenvalue weighted by atomic mass is 9.91.